The number of aromatic amines is 1. The van der Waals surface area contributed by atoms with Crippen molar-refractivity contribution >= 4 is 16.9 Å². The van der Waals surface area contributed by atoms with Crippen LogP contribution in [0.1, 0.15) is 19.4 Å². The number of hydrogen-bond donors (Lipinski definition) is 3. The number of pyridine rings is 1. The van der Waals surface area contributed by atoms with E-state index >= 15 is 0 Å². The van der Waals surface area contributed by atoms with E-state index in [-0.39, 0.29) is 24.7 Å². The highest BCUT2D eigenvalue weighted by molar-refractivity contribution is 5.82. The van der Waals surface area contributed by atoms with Crippen LogP contribution in [0.15, 0.2) is 35.1 Å². The summed E-state index contributed by atoms with van der Waals surface area (Å²) in [6.45, 7) is 3.75. The van der Waals surface area contributed by atoms with Crippen molar-refractivity contribution in [3.05, 3.63) is 46.2 Å². The summed E-state index contributed by atoms with van der Waals surface area (Å²) in [7, 11) is 1.61. The minimum Gasteiger partial charge on any atom is -0.389 e. The molecule has 6 heteroatoms. The molecule has 6 nitrogen and oxygen atoms in total. The van der Waals surface area contributed by atoms with Gasteiger partial charge in [0.25, 0.3) is 0 Å². The number of nitrogens with zero attached hydrogens (tertiary/aromatic N) is 1. The Hall–Kier alpha value is -2.34. The van der Waals surface area contributed by atoms with Crippen molar-refractivity contribution in [3.8, 4) is 0 Å². The molecule has 0 saturated carbocycles. The first-order valence-corrected chi connectivity index (χ1v) is 7.08. The predicted octanol–water partition coefficient (Wildman–Crippen LogP) is 1.44. The Labute approximate surface area is 128 Å². The molecular weight excluding hydrogens is 282 g/mol. The van der Waals surface area contributed by atoms with Crippen LogP contribution in [0, 0.1) is 0 Å². The number of nitrogens with one attached hydrogen (secondary N) is 2. The summed E-state index contributed by atoms with van der Waals surface area (Å²) in [4.78, 5) is 27.9. The molecule has 0 unspecified atom stereocenters. The number of benzene rings is 1. The number of aliphatic hydroxyl groups is 1. The molecule has 0 aliphatic carbocycles. The van der Waals surface area contributed by atoms with Crippen molar-refractivity contribution in [2.45, 2.75) is 26.0 Å². The molecule has 1 heterocycles. The van der Waals surface area contributed by atoms with Crippen LogP contribution in [0.5, 0.6) is 0 Å². The first-order chi connectivity index (χ1) is 10.3. The van der Waals surface area contributed by atoms with E-state index in [0.29, 0.717) is 0 Å². The summed E-state index contributed by atoms with van der Waals surface area (Å²) in [6, 6.07) is 8.63. The Balaban J connectivity index is 2.12. The van der Waals surface area contributed by atoms with Crippen molar-refractivity contribution in [3.63, 3.8) is 0 Å². The highest BCUT2D eigenvalue weighted by Crippen LogP contribution is 2.14. The third-order valence-electron chi connectivity index (χ3n) is 3.24. The number of aromatic nitrogens is 1. The second-order valence-electron chi connectivity index (χ2n) is 6.03. The van der Waals surface area contributed by atoms with E-state index < -0.39 is 5.60 Å². The van der Waals surface area contributed by atoms with Gasteiger partial charge >= 0.3 is 6.03 Å². The monoisotopic (exact) mass is 303 g/mol. The lowest BCUT2D eigenvalue weighted by molar-refractivity contribution is 0.0531. The van der Waals surface area contributed by atoms with Crippen molar-refractivity contribution < 1.29 is 9.90 Å². The van der Waals surface area contributed by atoms with Gasteiger partial charge in [0.15, 0.2) is 0 Å². The van der Waals surface area contributed by atoms with E-state index in [1.165, 1.54) is 11.0 Å². The highest BCUT2D eigenvalue weighted by atomic mass is 16.3. The maximum Gasteiger partial charge on any atom is 0.317 e. The molecule has 2 rings (SSSR count). The fraction of sp³-hybridized carbons (Fsp3) is 0.375. The van der Waals surface area contributed by atoms with E-state index in [1.54, 1.807) is 20.9 Å². The molecule has 3 N–H and O–H groups in total. The second kappa shape index (κ2) is 6.19. The Morgan fingerprint density at radius 3 is 2.73 bits per heavy atom. The first kappa shape index (κ1) is 16.0. The van der Waals surface area contributed by atoms with E-state index in [2.05, 4.69) is 10.3 Å². The van der Waals surface area contributed by atoms with Crippen molar-refractivity contribution in [2.24, 2.45) is 0 Å². The maximum atomic E-state index is 12.0. The van der Waals surface area contributed by atoms with Gasteiger partial charge in [-0.2, -0.15) is 0 Å². The average molecular weight is 303 g/mol. The molecule has 0 fully saturated rings. The molecule has 0 spiro atoms. The summed E-state index contributed by atoms with van der Waals surface area (Å²) in [5.74, 6) is 0. The first-order valence-electron chi connectivity index (χ1n) is 7.08. The molecule has 1 aromatic heterocycles. The predicted molar refractivity (Wildman–Crippen MR) is 85.7 cm³/mol. The van der Waals surface area contributed by atoms with Gasteiger partial charge in [0, 0.05) is 30.6 Å². The van der Waals surface area contributed by atoms with Gasteiger partial charge in [-0.3, -0.25) is 4.79 Å². The van der Waals surface area contributed by atoms with E-state index in [9.17, 15) is 14.7 Å². The topological polar surface area (TPSA) is 85.4 Å². The number of hydrogen-bond acceptors (Lipinski definition) is 3. The molecular formula is C16H21N3O3. The molecule has 2 amide bonds. The van der Waals surface area contributed by atoms with E-state index in [1.807, 2.05) is 24.3 Å². The number of amides is 2. The quantitative estimate of drug-likeness (QED) is 0.799. The smallest absolute Gasteiger partial charge is 0.317 e. The van der Waals surface area contributed by atoms with Gasteiger partial charge in [-0.15, -0.1) is 0 Å². The summed E-state index contributed by atoms with van der Waals surface area (Å²) >= 11 is 0. The maximum absolute atomic E-state index is 12.0. The molecule has 22 heavy (non-hydrogen) atoms. The minimum atomic E-state index is -0.956. The Kier molecular flexibility index (Phi) is 4.51. The summed E-state index contributed by atoms with van der Waals surface area (Å²) in [6.07, 6.45) is 0. The lowest BCUT2D eigenvalue weighted by Crippen LogP contribution is -2.44. The lowest BCUT2D eigenvalue weighted by atomic mass is 10.1. The molecule has 0 aliphatic rings. The Morgan fingerprint density at radius 2 is 2.05 bits per heavy atom. The molecule has 118 valence electrons. The third kappa shape index (κ3) is 4.08. The number of para-hydroxylation sites is 1. The zero-order valence-electron chi connectivity index (χ0n) is 13.0. The van der Waals surface area contributed by atoms with Gasteiger partial charge in [0.05, 0.1) is 12.1 Å². The second-order valence-corrected chi connectivity index (χ2v) is 6.03. The SMILES string of the molecule is CN(CC(C)(C)O)C(=O)NCc1cc(=O)[nH]c2ccccc12. The molecule has 0 aliphatic heterocycles. The van der Waals surface area contributed by atoms with Crippen LogP contribution >= 0.6 is 0 Å². The number of carbonyl (C=O) groups is 1. The van der Waals surface area contributed by atoms with Gasteiger partial charge < -0.3 is 20.3 Å². The largest absolute Gasteiger partial charge is 0.389 e. The number of likely N-dealkylation sites (N-methyl/N-ethyl adjacent to an activating group) is 1. The van der Waals surface area contributed by atoms with E-state index in [4.69, 9.17) is 0 Å². The molecule has 1 aromatic carbocycles. The molecule has 0 saturated heterocycles. The molecule has 0 bridgehead atoms. The van der Waals surface area contributed by atoms with Crippen molar-refractivity contribution in [2.75, 3.05) is 13.6 Å². The third-order valence-corrected chi connectivity index (χ3v) is 3.24. The summed E-state index contributed by atoms with van der Waals surface area (Å²) in [5, 5.41) is 13.4. The van der Waals surface area contributed by atoms with Crippen molar-refractivity contribution in [1.82, 2.24) is 15.2 Å². The Morgan fingerprint density at radius 1 is 1.36 bits per heavy atom. The fourth-order valence-electron chi connectivity index (χ4n) is 2.38. The normalized spacial score (nSPS) is 11.5. The number of urea groups is 1. The number of carbonyl (C=O) groups excluding carboxylic acids is 1. The zero-order valence-corrected chi connectivity index (χ0v) is 13.0. The van der Waals surface area contributed by atoms with Gasteiger partial charge in [-0.25, -0.2) is 4.79 Å². The summed E-state index contributed by atoms with van der Waals surface area (Å²) in [5.41, 5.74) is 0.337. The van der Waals surface area contributed by atoms with Gasteiger partial charge in [0.2, 0.25) is 5.56 Å². The van der Waals surface area contributed by atoms with Gasteiger partial charge in [0.1, 0.15) is 0 Å². The number of H-pyrrole nitrogens is 1. The Bertz CT molecular complexity index is 731. The van der Waals surface area contributed by atoms with Crippen LogP contribution < -0.4 is 10.9 Å². The fourth-order valence-corrected chi connectivity index (χ4v) is 2.38. The molecule has 0 radical (unpaired) electrons. The standard InChI is InChI=1S/C16H21N3O3/c1-16(2,22)10-19(3)15(21)17-9-11-8-14(20)18-13-7-5-4-6-12(11)13/h4-8,22H,9-10H2,1-3H3,(H,17,21)(H,18,20). The summed E-state index contributed by atoms with van der Waals surface area (Å²) < 4.78 is 0. The van der Waals surface area contributed by atoms with Gasteiger partial charge in [-0.1, -0.05) is 18.2 Å². The molecule has 2 aromatic rings. The van der Waals surface area contributed by atoms with Crippen LogP contribution in [-0.2, 0) is 6.54 Å². The van der Waals surface area contributed by atoms with Crippen LogP contribution in [0.4, 0.5) is 4.79 Å². The highest BCUT2D eigenvalue weighted by Gasteiger charge is 2.19. The van der Waals surface area contributed by atoms with Crippen LogP contribution in [0.3, 0.4) is 0 Å². The molecule has 0 atom stereocenters. The zero-order chi connectivity index (χ0) is 16.3. The van der Waals surface area contributed by atoms with E-state index in [0.717, 1.165) is 16.5 Å². The number of rotatable bonds is 4. The van der Waals surface area contributed by atoms with Crippen LogP contribution in [0.25, 0.3) is 10.9 Å². The number of fused-ring (bicyclic) bond motifs is 1. The lowest BCUT2D eigenvalue weighted by Gasteiger charge is -2.25. The van der Waals surface area contributed by atoms with Gasteiger partial charge in [-0.05, 0) is 25.5 Å². The van der Waals surface area contributed by atoms with Crippen LogP contribution in [-0.4, -0.2) is 40.2 Å². The minimum absolute atomic E-state index is 0.201. The van der Waals surface area contributed by atoms with Crippen LogP contribution in [0.2, 0.25) is 0 Å². The van der Waals surface area contributed by atoms with Crippen molar-refractivity contribution in [1.29, 1.82) is 0 Å². The average Bonchev–Trinajstić information content (AvgIpc) is 2.42.